The lowest BCUT2D eigenvalue weighted by Crippen LogP contribution is -2.46. The van der Waals surface area contributed by atoms with Crippen molar-refractivity contribution in [3.63, 3.8) is 0 Å². The number of carbonyl (C=O) groups excluding carboxylic acids is 1. The van der Waals surface area contributed by atoms with Crippen molar-refractivity contribution in [1.82, 2.24) is 0 Å². The van der Waals surface area contributed by atoms with Gasteiger partial charge in [0.05, 0.1) is 6.07 Å². The molecule has 0 aromatic rings. The molecule has 0 aromatic heterocycles. The Kier molecular flexibility index (Phi) is 6.88. The minimum absolute atomic E-state index is 0.0712. The molecule has 0 radical (unpaired) electrons. The molecule has 4 unspecified atom stereocenters. The van der Waals surface area contributed by atoms with Crippen LogP contribution in [-0.4, -0.2) is 36.8 Å². The minimum atomic E-state index is -1.75. The Hall–Kier alpha value is -1.32. The number of nitriles is 1. The van der Waals surface area contributed by atoms with Gasteiger partial charge in [-0.3, -0.25) is 4.79 Å². The van der Waals surface area contributed by atoms with Crippen LogP contribution in [0.15, 0.2) is 0 Å². The first kappa shape index (κ1) is 21.4. The molecular weight excluding hydrogens is 374 g/mol. The van der Waals surface area contributed by atoms with E-state index in [0.29, 0.717) is 11.8 Å². The number of hydrogen-bond acceptors (Lipinski definition) is 3. The monoisotopic (exact) mass is 403 g/mol. The van der Waals surface area contributed by atoms with E-state index in [1.165, 1.54) is 0 Å². The Morgan fingerprint density at radius 2 is 1.39 bits per heavy atom. The van der Waals surface area contributed by atoms with Crippen LogP contribution in [0.25, 0.3) is 0 Å². The minimum Gasteiger partial charge on any atom is -0.462 e. The second kappa shape index (κ2) is 9.00. The van der Waals surface area contributed by atoms with E-state index in [1.54, 1.807) is 6.07 Å². The fourth-order valence-corrected chi connectivity index (χ4v) is 5.25. The molecule has 3 fully saturated rings. The first-order chi connectivity index (χ1) is 13.3. The number of alkyl halides is 4. The Morgan fingerprint density at radius 1 is 0.857 bits per heavy atom. The molecule has 0 saturated heterocycles. The van der Waals surface area contributed by atoms with E-state index in [9.17, 15) is 22.4 Å². The lowest BCUT2D eigenvalue weighted by Gasteiger charge is -2.40. The number of hydrogen-bond donors (Lipinski definition) is 0. The Labute approximate surface area is 163 Å². The average molecular weight is 403 g/mol. The molecule has 0 bridgehead atoms. The molecule has 3 aliphatic rings. The second-order valence-corrected chi connectivity index (χ2v) is 9.03. The van der Waals surface area contributed by atoms with Crippen LogP contribution in [0.5, 0.6) is 0 Å². The van der Waals surface area contributed by atoms with Crippen LogP contribution in [-0.2, 0) is 9.53 Å². The maximum atomic E-state index is 14.7. The van der Waals surface area contributed by atoms with Gasteiger partial charge in [-0.25, -0.2) is 17.6 Å². The summed E-state index contributed by atoms with van der Waals surface area (Å²) in [6.45, 7) is 2.19. The Balaban J connectivity index is 1.55. The Bertz CT molecular complexity index is 565. The number of esters is 1. The van der Waals surface area contributed by atoms with E-state index < -0.39 is 48.6 Å². The van der Waals surface area contributed by atoms with Crippen molar-refractivity contribution in [3.8, 4) is 6.07 Å². The van der Waals surface area contributed by atoms with Crippen LogP contribution < -0.4 is 0 Å². The van der Waals surface area contributed by atoms with Crippen molar-refractivity contribution < 1.29 is 27.1 Å². The summed E-state index contributed by atoms with van der Waals surface area (Å²) in [7, 11) is 0. The second-order valence-electron chi connectivity index (χ2n) is 9.03. The normalized spacial score (nSPS) is 47.1. The molecule has 4 atom stereocenters. The summed E-state index contributed by atoms with van der Waals surface area (Å²) in [6, 6.07) is 1.58. The summed E-state index contributed by atoms with van der Waals surface area (Å²) >= 11 is 0. The van der Waals surface area contributed by atoms with E-state index in [2.05, 4.69) is 6.92 Å². The van der Waals surface area contributed by atoms with Crippen molar-refractivity contribution in [1.29, 1.82) is 5.26 Å². The topological polar surface area (TPSA) is 50.1 Å². The predicted octanol–water partition coefficient (Wildman–Crippen LogP) is 5.04. The highest BCUT2D eigenvalue weighted by Gasteiger charge is 2.47. The van der Waals surface area contributed by atoms with Crippen molar-refractivity contribution in [2.75, 3.05) is 0 Å². The van der Waals surface area contributed by atoms with Gasteiger partial charge in [0.2, 0.25) is 0 Å². The molecule has 3 nitrogen and oxygen atoms in total. The summed E-state index contributed by atoms with van der Waals surface area (Å²) in [6.07, 6.45) is -4.14. The van der Waals surface area contributed by atoms with Gasteiger partial charge in [-0.2, -0.15) is 5.26 Å². The molecule has 0 amide bonds. The molecule has 158 valence electrons. The highest BCUT2D eigenvalue weighted by Crippen LogP contribution is 2.44. The quantitative estimate of drug-likeness (QED) is 0.490. The molecular formula is C21H29F4NO2. The highest BCUT2D eigenvalue weighted by molar-refractivity contribution is 5.74. The van der Waals surface area contributed by atoms with Gasteiger partial charge in [0, 0.05) is 12.8 Å². The largest absolute Gasteiger partial charge is 0.462 e. The predicted molar refractivity (Wildman–Crippen MR) is 95.1 cm³/mol. The SMILES string of the molecule is CC1CCC(C2CC(F)C(C(=O)OC3CC(F)C(C#N)C(F)C3)C(F)C2)CC1. The average Bonchev–Trinajstić information content (AvgIpc) is 2.61. The van der Waals surface area contributed by atoms with E-state index in [4.69, 9.17) is 10.00 Å². The highest BCUT2D eigenvalue weighted by atomic mass is 19.2. The molecule has 0 aliphatic heterocycles. The molecule has 3 aliphatic carbocycles. The van der Waals surface area contributed by atoms with Crippen LogP contribution in [0.1, 0.15) is 58.3 Å². The van der Waals surface area contributed by atoms with E-state index in [0.717, 1.165) is 25.7 Å². The van der Waals surface area contributed by atoms with Crippen molar-refractivity contribution >= 4 is 5.97 Å². The van der Waals surface area contributed by atoms with Crippen molar-refractivity contribution in [2.24, 2.45) is 29.6 Å². The van der Waals surface area contributed by atoms with Crippen LogP contribution in [0.3, 0.4) is 0 Å². The van der Waals surface area contributed by atoms with Crippen LogP contribution in [0.4, 0.5) is 17.6 Å². The summed E-state index contributed by atoms with van der Waals surface area (Å²) in [4.78, 5) is 12.4. The van der Waals surface area contributed by atoms with Gasteiger partial charge in [0.15, 0.2) is 0 Å². The third kappa shape index (κ3) is 4.63. The zero-order chi connectivity index (χ0) is 20.4. The number of carbonyl (C=O) groups is 1. The lowest BCUT2D eigenvalue weighted by atomic mass is 9.68. The van der Waals surface area contributed by atoms with Crippen LogP contribution in [0.2, 0.25) is 0 Å². The number of ether oxygens (including phenoxy) is 1. The van der Waals surface area contributed by atoms with Gasteiger partial charge in [0.25, 0.3) is 0 Å². The third-order valence-corrected chi connectivity index (χ3v) is 7.02. The zero-order valence-corrected chi connectivity index (χ0v) is 16.2. The zero-order valence-electron chi connectivity index (χ0n) is 16.2. The molecule has 0 heterocycles. The number of halogens is 4. The van der Waals surface area contributed by atoms with E-state index in [-0.39, 0.29) is 31.6 Å². The molecule has 28 heavy (non-hydrogen) atoms. The van der Waals surface area contributed by atoms with Gasteiger partial charge in [-0.1, -0.05) is 19.8 Å². The van der Waals surface area contributed by atoms with Crippen LogP contribution >= 0.6 is 0 Å². The smallest absolute Gasteiger partial charge is 0.315 e. The fraction of sp³-hybridized carbons (Fsp3) is 0.905. The van der Waals surface area contributed by atoms with Crippen LogP contribution in [0, 0.1) is 40.9 Å². The first-order valence-electron chi connectivity index (χ1n) is 10.5. The van der Waals surface area contributed by atoms with Gasteiger partial charge in [-0.15, -0.1) is 0 Å². The van der Waals surface area contributed by atoms with E-state index in [1.807, 2.05) is 0 Å². The number of rotatable bonds is 3. The summed E-state index contributed by atoms with van der Waals surface area (Å²) in [5, 5.41) is 8.78. The molecule has 3 rings (SSSR count). The molecule has 7 heteroatoms. The van der Waals surface area contributed by atoms with Gasteiger partial charge >= 0.3 is 5.97 Å². The number of nitrogens with zero attached hydrogens (tertiary/aromatic N) is 1. The molecule has 3 saturated carbocycles. The maximum Gasteiger partial charge on any atom is 0.315 e. The lowest BCUT2D eigenvalue weighted by molar-refractivity contribution is -0.167. The fourth-order valence-electron chi connectivity index (χ4n) is 5.25. The van der Waals surface area contributed by atoms with Crippen molar-refractivity contribution in [2.45, 2.75) is 89.1 Å². The Morgan fingerprint density at radius 3 is 1.89 bits per heavy atom. The molecule has 0 aromatic carbocycles. The third-order valence-electron chi connectivity index (χ3n) is 7.02. The van der Waals surface area contributed by atoms with Gasteiger partial charge in [-0.05, 0) is 43.4 Å². The standard InChI is InChI=1S/C21H29F4NO2/c1-11-2-4-12(5-3-11)13-6-18(24)20(19(25)7-13)21(27)28-14-8-16(22)15(10-26)17(23)9-14/h11-20H,2-9H2,1H3. The summed E-state index contributed by atoms with van der Waals surface area (Å²) in [5.41, 5.74) is 0. The van der Waals surface area contributed by atoms with E-state index >= 15 is 0 Å². The summed E-state index contributed by atoms with van der Waals surface area (Å²) in [5.74, 6) is -3.08. The summed E-state index contributed by atoms with van der Waals surface area (Å²) < 4.78 is 62.3. The van der Waals surface area contributed by atoms with Gasteiger partial charge in [0.1, 0.15) is 42.6 Å². The maximum absolute atomic E-state index is 14.7. The van der Waals surface area contributed by atoms with Crippen molar-refractivity contribution in [3.05, 3.63) is 0 Å². The first-order valence-corrected chi connectivity index (χ1v) is 10.5. The van der Waals surface area contributed by atoms with Gasteiger partial charge < -0.3 is 4.74 Å². The molecule has 0 spiro atoms. The molecule has 0 N–H and O–H groups in total.